The maximum Gasteiger partial charge on any atom is 0.253 e. The average Bonchev–Trinajstić information content (AvgIpc) is 2.61. The average molecular weight is 404 g/mol. The number of anilines is 2. The molecule has 0 aliphatic heterocycles. The van der Waals surface area contributed by atoms with E-state index in [1.54, 1.807) is 29.2 Å². The summed E-state index contributed by atoms with van der Waals surface area (Å²) in [5.41, 5.74) is 2.04. The Balaban J connectivity index is 1.97. The molecule has 2 aromatic rings. The van der Waals surface area contributed by atoms with Crippen LogP contribution in [-0.4, -0.2) is 36.3 Å². The van der Waals surface area contributed by atoms with Gasteiger partial charge in [-0.2, -0.15) is 0 Å². The molecular formula is C19H22BrN3O2. The van der Waals surface area contributed by atoms with Gasteiger partial charge < -0.3 is 15.5 Å². The molecule has 0 aromatic heterocycles. The quantitative estimate of drug-likeness (QED) is 0.734. The lowest BCUT2D eigenvalue weighted by atomic mass is 10.1. The Morgan fingerprint density at radius 2 is 1.68 bits per heavy atom. The van der Waals surface area contributed by atoms with Crippen LogP contribution in [0, 0.1) is 0 Å². The van der Waals surface area contributed by atoms with Crippen LogP contribution in [-0.2, 0) is 4.79 Å². The zero-order valence-electron chi connectivity index (χ0n) is 14.4. The Labute approximate surface area is 156 Å². The number of rotatable bonds is 7. The third-order valence-electron chi connectivity index (χ3n) is 3.72. The van der Waals surface area contributed by atoms with E-state index in [1.807, 2.05) is 38.1 Å². The monoisotopic (exact) mass is 403 g/mol. The highest BCUT2D eigenvalue weighted by Gasteiger charge is 2.13. The van der Waals surface area contributed by atoms with Gasteiger partial charge in [-0.15, -0.1) is 0 Å². The third-order valence-corrected chi connectivity index (χ3v) is 4.21. The van der Waals surface area contributed by atoms with Crippen LogP contribution < -0.4 is 10.6 Å². The highest BCUT2D eigenvalue weighted by atomic mass is 79.9. The van der Waals surface area contributed by atoms with Gasteiger partial charge >= 0.3 is 0 Å². The van der Waals surface area contributed by atoms with E-state index in [4.69, 9.17) is 0 Å². The van der Waals surface area contributed by atoms with E-state index in [0.29, 0.717) is 24.3 Å². The fourth-order valence-electron chi connectivity index (χ4n) is 2.41. The molecule has 0 saturated carbocycles. The van der Waals surface area contributed by atoms with Gasteiger partial charge in [0.1, 0.15) is 0 Å². The van der Waals surface area contributed by atoms with Crippen LogP contribution in [0.15, 0.2) is 53.0 Å². The number of carbonyl (C=O) groups is 2. The van der Waals surface area contributed by atoms with E-state index in [-0.39, 0.29) is 18.4 Å². The molecule has 0 aliphatic carbocycles. The molecule has 0 aliphatic rings. The van der Waals surface area contributed by atoms with Gasteiger partial charge in [0.2, 0.25) is 5.91 Å². The van der Waals surface area contributed by atoms with E-state index in [0.717, 1.165) is 10.2 Å². The summed E-state index contributed by atoms with van der Waals surface area (Å²) in [5, 5.41) is 5.88. The molecule has 2 aromatic carbocycles. The van der Waals surface area contributed by atoms with Crippen molar-refractivity contribution < 1.29 is 9.59 Å². The minimum atomic E-state index is -0.174. The van der Waals surface area contributed by atoms with Crippen LogP contribution >= 0.6 is 15.9 Å². The van der Waals surface area contributed by atoms with Gasteiger partial charge in [-0.25, -0.2) is 0 Å². The standard InChI is InChI=1S/C19H22BrN3O2/c1-3-23(4-2)19(25)14-7-5-10-17(11-14)22-18(24)13-21-16-9-6-8-15(20)12-16/h5-12,21H,3-4,13H2,1-2H3,(H,22,24). The Morgan fingerprint density at radius 3 is 2.36 bits per heavy atom. The molecule has 2 amide bonds. The van der Waals surface area contributed by atoms with Crippen LogP contribution in [0.5, 0.6) is 0 Å². The second-order valence-corrected chi connectivity index (χ2v) is 6.39. The molecule has 0 heterocycles. The van der Waals surface area contributed by atoms with Crippen molar-refractivity contribution >= 4 is 39.1 Å². The molecule has 132 valence electrons. The number of benzene rings is 2. The molecule has 2 N–H and O–H groups in total. The molecule has 5 nitrogen and oxygen atoms in total. The second kappa shape index (κ2) is 9.22. The molecule has 0 unspecified atom stereocenters. The molecular weight excluding hydrogens is 382 g/mol. The molecule has 0 radical (unpaired) electrons. The Bertz CT molecular complexity index is 745. The predicted molar refractivity (Wildman–Crippen MR) is 105 cm³/mol. The number of amides is 2. The highest BCUT2D eigenvalue weighted by molar-refractivity contribution is 9.10. The summed E-state index contributed by atoms with van der Waals surface area (Å²) in [6.07, 6.45) is 0. The molecule has 0 bridgehead atoms. The number of nitrogens with one attached hydrogen (secondary N) is 2. The molecule has 2 rings (SSSR count). The first-order chi connectivity index (χ1) is 12.0. The number of hydrogen-bond donors (Lipinski definition) is 2. The van der Waals surface area contributed by atoms with E-state index < -0.39 is 0 Å². The third kappa shape index (κ3) is 5.60. The van der Waals surface area contributed by atoms with Gasteiger partial charge in [-0.3, -0.25) is 9.59 Å². The molecule has 25 heavy (non-hydrogen) atoms. The van der Waals surface area contributed by atoms with Crippen molar-refractivity contribution in [3.8, 4) is 0 Å². The summed E-state index contributed by atoms with van der Waals surface area (Å²) in [7, 11) is 0. The van der Waals surface area contributed by atoms with Crippen LogP contribution in [0.4, 0.5) is 11.4 Å². The summed E-state index contributed by atoms with van der Waals surface area (Å²) >= 11 is 3.39. The number of halogens is 1. The molecule has 6 heteroatoms. The molecule has 0 spiro atoms. The van der Waals surface area contributed by atoms with Crippen molar-refractivity contribution in [3.63, 3.8) is 0 Å². The highest BCUT2D eigenvalue weighted by Crippen LogP contribution is 2.16. The summed E-state index contributed by atoms with van der Waals surface area (Å²) in [6.45, 7) is 5.34. The van der Waals surface area contributed by atoms with Crippen LogP contribution in [0.25, 0.3) is 0 Å². The number of hydrogen-bond acceptors (Lipinski definition) is 3. The lowest BCUT2D eigenvalue weighted by Gasteiger charge is -2.19. The first kappa shape index (κ1) is 19.0. The summed E-state index contributed by atoms with van der Waals surface area (Å²) in [5.74, 6) is -0.208. The minimum absolute atomic E-state index is 0.0339. The van der Waals surface area contributed by atoms with Gasteiger partial charge in [-0.1, -0.05) is 28.1 Å². The van der Waals surface area contributed by atoms with Crippen molar-refractivity contribution in [2.45, 2.75) is 13.8 Å². The van der Waals surface area contributed by atoms with Gasteiger partial charge in [0.05, 0.1) is 6.54 Å². The Hall–Kier alpha value is -2.34. The van der Waals surface area contributed by atoms with Gasteiger partial charge in [0.25, 0.3) is 5.91 Å². The summed E-state index contributed by atoms with van der Waals surface area (Å²) < 4.78 is 0.945. The number of carbonyl (C=O) groups excluding carboxylic acids is 2. The van der Waals surface area contributed by atoms with Gasteiger partial charge in [0, 0.05) is 34.5 Å². The van der Waals surface area contributed by atoms with Crippen molar-refractivity contribution in [3.05, 3.63) is 58.6 Å². The fraction of sp³-hybridized carbons (Fsp3) is 0.263. The lowest BCUT2D eigenvalue weighted by Crippen LogP contribution is -2.30. The maximum atomic E-state index is 12.4. The van der Waals surface area contributed by atoms with Crippen molar-refractivity contribution in [2.75, 3.05) is 30.3 Å². The van der Waals surface area contributed by atoms with Gasteiger partial charge in [-0.05, 0) is 50.2 Å². The van der Waals surface area contributed by atoms with Crippen molar-refractivity contribution in [1.82, 2.24) is 4.90 Å². The van der Waals surface area contributed by atoms with Crippen LogP contribution in [0.1, 0.15) is 24.2 Å². The van der Waals surface area contributed by atoms with Crippen molar-refractivity contribution in [2.24, 2.45) is 0 Å². The van der Waals surface area contributed by atoms with Gasteiger partial charge in [0.15, 0.2) is 0 Å². The zero-order chi connectivity index (χ0) is 18.2. The lowest BCUT2D eigenvalue weighted by molar-refractivity contribution is -0.114. The van der Waals surface area contributed by atoms with Crippen LogP contribution in [0.3, 0.4) is 0 Å². The fourth-order valence-corrected chi connectivity index (χ4v) is 2.81. The minimum Gasteiger partial charge on any atom is -0.376 e. The van der Waals surface area contributed by atoms with E-state index >= 15 is 0 Å². The maximum absolute atomic E-state index is 12.4. The van der Waals surface area contributed by atoms with Crippen molar-refractivity contribution in [1.29, 1.82) is 0 Å². The predicted octanol–water partition coefficient (Wildman–Crippen LogP) is 3.98. The normalized spacial score (nSPS) is 10.2. The first-order valence-electron chi connectivity index (χ1n) is 8.22. The Morgan fingerprint density at radius 1 is 1.00 bits per heavy atom. The largest absolute Gasteiger partial charge is 0.376 e. The first-order valence-corrected chi connectivity index (χ1v) is 9.01. The molecule has 0 saturated heterocycles. The van der Waals surface area contributed by atoms with Crippen LogP contribution in [0.2, 0.25) is 0 Å². The second-order valence-electron chi connectivity index (χ2n) is 5.47. The SMILES string of the molecule is CCN(CC)C(=O)c1cccc(NC(=O)CNc2cccc(Br)c2)c1. The number of nitrogens with zero attached hydrogens (tertiary/aromatic N) is 1. The summed E-state index contributed by atoms with van der Waals surface area (Å²) in [6, 6.07) is 14.6. The smallest absolute Gasteiger partial charge is 0.253 e. The Kier molecular flexibility index (Phi) is 7.01. The summed E-state index contributed by atoms with van der Waals surface area (Å²) in [4.78, 5) is 26.2. The zero-order valence-corrected chi connectivity index (χ0v) is 16.0. The van der Waals surface area contributed by atoms with E-state index in [1.165, 1.54) is 0 Å². The molecule has 0 fully saturated rings. The van der Waals surface area contributed by atoms with E-state index in [2.05, 4.69) is 26.6 Å². The molecule has 0 atom stereocenters. The topological polar surface area (TPSA) is 61.4 Å². The van der Waals surface area contributed by atoms with E-state index in [9.17, 15) is 9.59 Å².